The van der Waals surface area contributed by atoms with Gasteiger partial charge in [-0.2, -0.15) is 13.2 Å². The Balaban J connectivity index is 1.95. The van der Waals surface area contributed by atoms with Crippen molar-refractivity contribution in [1.82, 2.24) is 10.2 Å². The number of hydrogen-bond donors (Lipinski definition) is 1. The monoisotopic (exact) mass is 344 g/mol. The molecule has 3 nitrogen and oxygen atoms in total. The Morgan fingerprint density at radius 1 is 1.17 bits per heavy atom. The minimum Gasteiger partial charge on any atom is -0.484 e. The standard InChI is InChI=1S/C18H27F3N2O/c1-13-8-16(9-14(2)17(13)24-12-18(19,20)21)11-23(3)10-15-4-6-22-7-5-15/h8-9,15,22H,4-7,10-12H2,1-3H3. The summed E-state index contributed by atoms with van der Waals surface area (Å²) < 4.78 is 42.0. The lowest BCUT2D eigenvalue weighted by Crippen LogP contribution is -2.34. The fraction of sp³-hybridized carbons (Fsp3) is 0.667. The van der Waals surface area contributed by atoms with Crippen molar-refractivity contribution in [3.05, 3.63) is 28.8 Å². The van der Waals surface area contributed by atoms with Crippen LogP contribution in [0.4, 0.5) is 13.2 Å². The maximum Gasteiger partial charge on any atom is 0.422 e. The number of hydrogen-bond acceptors (Lipinski definition) is 3. The maximum atomic E-state index is 12.3. The SMILES string of the molecule is Cc1cc(CN(C)CC2CCNCC2)cc(C)c1OCC(F)(F)F. The van der Waals surface area contributed by atoms with E-state index in [0.717, 1.165) is 42.9 Å². The molecule has 1 aromatic rings. The van der Waals surface area contributed by atoms with Crippen LogP contribution in [-0.2, 0) is 6.54 Å². The van der Waals surface area contributed by atoms with E-state index in [0.29, 0.717) is 11.7 Å². The number of nitrogens with zero attached hydrogens (tertiary/aromatic N) is 1. The highest BCUT2D eigenvalue weighted by molar-refractivity contribution is 5.43. The van der Waals surface area contributed by atoms with Crippen LogP contribution in [0.5, 0.6) is 5.75 Å². The Labute approximate surface area is 142 Å². The van der Waals surface area contributed by atoms with Crippen LogP contribution in [0.15, 0.2) is 12.1 Å². The second-order valence-corrected chi connectivity index (χ2v) is 6.85. The zero-order valence-corrected chi connectivity index (χ0v) is 14.7. The summed E-state index contributed by atoms with van der Waals surface area (Å²) in [5, 5.41) is 3.37. The van der Waals surface area contributed by atoms with Gasteiger partial charge in [-0.1, -0.05) is 12.1 Å². The van der Waals surface area contributed by atoms with Crippen LogP contribution in [0.3, 0.4) is 0 Å². The lowest BCUT2D eigenvalue weighted by molar-refractivity contribution is -0.153. The second kappa shape index (κ2) is 8.21. The van der Waals surface area contributed by atoms with Gasteiger partial charge in [0.1, 0.15) is 5.75 Å². The molecule has 0 bridgehead atoms. The summed E-state index contributed by atoms with van der Waals surface area (Å²) in [6.45, 7) is 6.37. The Bertz CT molecular complexity index is 517. The van der Waals surface area contributed by atoms with E-state index in [-0.39, 0.29) is 0 Å². The first-order chi connectivity index (χ1) is 11.2. The summed E-state index contributed by atoms with van der Waals surface area (Å²) in [6, 6.07) is 3.86. The average molecular weight is 344 g/mol. The zero-order chi connectivity index (χ0) is 17.7. The Morgan fingerprint density at radius 2 is 1.75 bits per heavy atom. The van der Waals surface area contributed by atoms with Gasteiger partial charge in [0.05, 0.1) is 0 Å². The van der Waals surface area contributed by atoms with Crippen molar-refractivity contribution >= 4 is 0 Å². The van der Waals surface area contributed by atoms with E-state index in [4.69, 9.17) is 4.74 Å². The summed E-state index contributed by atoms with van der Waals surface area (Å²) in [5.74, 6) is 1.06. The lowest BCUT2D eigenvalue weighted by atomic mass is 9.97. The highest BCUT2D eigenvalue weighted by Gasteiger charge is 2.29. The molecule has 0 atom stereocenters. The smallest absolute Gasteiger partial charge is 0.422 e. The number of ether oxygens (including phenoxy) is 1. The van der Waals surface area contributed by atoms with E-state index in [1.54, 1.807) is 13.8 Å². The molecule has 0 aromatic heterocycles. The molecular formula is C18H27F3N2O. The quantitative estimate of drug-likeness (QED) is 0.852. The van der Waals surface area contributed by atoms with Crippen molar-refractivity contribution in [3.8, 4) is 5.75 Å². The summed E-state index contributed by atoms with van der Waals surface area (Å²) in [4.78, 5) is 2.29. The Kier molecular flexibility index (Phi) is 6.52. The zero-order valence-electron chi connectivity index (χ0n) is 14.7. The number of rotatable bonds is 6. The third-order valence-electron chi connectivity index (χ3n) is 4.38. The van der Waals surface area contributed by atoms with Crippen LogP contribution in [-0.4, -0.2) is 44.4 Å². The first-order valence-corrected chi connectivity index (χ1v) is 8.43. The first kappa shape index (κ1) is 19.1. The number of alkyl halides is 3. The van der Waals surface area contributed by atoms with Gasteiger partial charge >= 0.3 is 6.18 Å². The van der Waals surface area contributed by atoms with E-state index in [2.05, 4.69) is 17.3 Å². The topological polar surface area (TPSA) is 24.5 Å². The molecule has 24 heavy (non-hydrogen) atoms. The first-order valence-electron chi connectivity index (χ1n) is 8.43. The number of piperidine rings is 1. The van der Waals surface area contributed by atoms with Crippen LogP contribution in [0.2, 0.25) is 0 Å². The number of nitrogens with one attached hydrogen (secondary N) is 1. The molecule has 1 aliphatic heterocycles. The molecule has 0 unspecified atom stereocenters. The normalized spacial score (nSPS) is 16.6. The van der Waals surface area contributed by atoms with E-state index in [1.165, 1.54) is 12.8 Å². The van der Waals surface area contributed by atoms with Gasteiger partial charge in [-0.15, -0.1) is 0 Å². The molecule has 136 valence electrons. The van der Waals surface area contributed by atoms with Crippen LogP contribution in [0.1, 0.15) is 29.5 Å². The molecule has 0 radical (unpaired) electrons. The van der Waals surface area contributed by atoms with Crippen LogP contribution in [0, 0.1) is 19.8 Å². The van der Waals surface area contributed by atoms with Gasteiger partial charge in [0.15, 0.2) is 6.61 Å². The maximum absolute atomic E-state index is 12.3. The van der Waals surface area contributed by atoms with Gasteiger partial charge in [-0.25, -0.2) is 0 Å². The third-order valence-corrected chi connectivity index (χ3v) is 4.38. The van der Waals surface area contributed by atoms with E-state index in [1.807, 2.05) is 12.1 Å². The molecule has 1 fully saturated rings. The molecule has 0 spiro atoms. The number of benzene rings is 1. The van der Waals surface area contributed by atoms with Crippen LogP contribution in [0.25, 0.3) is 0 Å². The Morgan fingerprint density at radius 3 is 2.29 bits per heavy atom. The number of aryl methyl sites for hydroxylation is 2. The van der Waals surface area contributed by atoms with Crippen molar-refractivity contribution in [1.29, 1.82) is 0 Å². The molecule has 1 N–H and O–H groups in total. The van der Waals surface area contributed by atoms with Gasteiger partial charge in [0.2, 0.25) is 0 Å². The largest absolute Gasteiger partial charge is 0.484 e. The van der Waals surface area contributed by atoms with Crippen molar-refractivity contribution < 1.29 is 17.9 Å². The summed E-state index contributed by atoms with van der Waals surface area (Å²) in [7, 11) is 2.10. The molecular weight excluding hydrogens is 317 g/mol. The fourth-order valence-electron chi connectivity index (χ4n) is 3.39. The minimum atomic E-state index is -4.31. The van der Waals surface area contributed by atoms with E-state index >= 15 is 0 Å². The van der Waals surface area contributed by atoms with Gasteiger partial charge in [0.25, 0.3) is 0 Å². The molecule has 6 heteroatoms. The molecule has 1 aromatic carbocycles. The summed E-state index contributed by atoms with van der Waals surface area (Å²) in [5.41, 5.74) is 2.62. The van der Waals surface area contributed by atoms with E-state index in [9.17, 15) is 13.2 Å². The Hall–Kier alpha value is -1.27. The number of halogens is 3. The predicted molar refractivity (Wildman–Crippen MR) is 89.4 cm³/mol. The van der Waals surface area contributed by atoms with Crippen molar-refractivity contribution in [3.63, 3.8) is 0 Å². The van der Waals surface area contributed by atoms with Gasteiger partial charge in [-0.3, -0.25) is 0 Å². The van der Waals surface area contributed by atoms with Crippen LogP contribution >= 0.6 is 0 Å². The molecule has 0 saturated carbocycles. The van der Waals surface area contributed by atoms with Gasteiger partial charge in [-0.05, 0) is 69.4 Å². The fourth-order valence-corrected chi connectivity index (χ4v) is 3.39. The van der Waals surface area contributed by atoms with Crippen molar-refractivity contribution in [2.24, 2.45) is 5.92 Å². The molecule has 0 amide bonds. The second-order valence-electron chi connectivity index (χ2n) is 6.85. The molecule has 1 saturated heterocycles. The third kappa shape index (κ3) is 5.98. The minimum absolute atomic E-state index is 0.345. The van der Waals surface area contributed by atoms with Gasteiger partial charge in [0, 0.05) is 13.1 Å². The molecule has 1 heterocycles. The predicted octanol–water partition coefficient (Wildman–Crippen LogP) is 3.68. The van der Waals surface area contributed by atoms with Gasteiger partial charge < -0.3 is 15.0 Å². The van der Waals surface area contributed by atoms with Crippen LogP contribution < -0.4 is 10.1 Å². The average Bonchev–Trinajstić information content (AvgIpc) is 2.46. The highest BCUT2D eigenvalue weighted by atomic mass is 19.4. The molecule has 0 aliphatic carbocycles. The summed E-state index contributed by atoms with van der Waals surface area (Å²) in [6.07, 6.45) is -1.91. The van der Waals surface area contributed by atoms with Crippen molar-refractivity contribution in [2.45, 2.75) is 39.4 Å². The molecule has 2 rings (SSSR count). The van der Waals surface area contributed by atoms with Crippen molar-refractivity contribution in [2.75, 3.05) is 33.3 Å². The van der Waals surface area contributed by atoms with E-state index < -0.39 is 12.8 Å². The lowest BCUT2D eigenvalue weighted by Gasteiger charge is -2.27. The highest BCUT2D eigenvalue weighted by Crippen LogP contribution is 2.27. The molecule has 1 aliphatic rings. The summed E-state index contributed by atoms with van der Waals surface area (Å²) >= 11 is 0.